The molecular formula is C11H18F2. The molecule has 3 aliphatic carbocycles. The molecule has 0 saturated heterocycles. The molecule has 0 aromatic heterocycles. The van der Waals surface area contributed by atoms with Gasteiger partial charge >= 0.3 is 0 Å². The van der Waals surface area contributed by atoms with Gasteiger partial charge in [-0.1, -0.05) is 20.8 Å². The van der Waals surface area contributed by atoms with E-state index in [2.05, 4.69) is 20.8 Å². The number of halogens is 2. The fraction of sp³-hybridized carbons (Fsp3) is 1.00. The molecule has 3 aliphatic rings. The Morgan fingerprint density at radius 2 is 1.23 bits per heavy atom. The lowest BCUT2D eigenvalue weighted by Crippen LogP contribution is -2.72. The topological polar surface area (TPSA) is 0 Å². The third-order valence-electron chi connectivity index (χ3n) is 4.55. The molecule has 76 valence electrons. The van der Waals surface area contributed by atoms with Crippen LogP contribution >= 0.6 is 0 Å². The van der Waals surface area contributed by atoms with Crippen LogP contribution in [0.5, 0.6) is 0 Å². The van der Waals surface area contributed by atoms with Crippen molar-refractivity contribution in [2.45, 2.75) is 52.9 Å². The van der Waals surface area contributed by atoms with Gasteiger partial charge in [0, 0.05) is 5.41 Å². The fourth-order valence-corrected chi connectivity index (χ4v) is 3.05. The molecule has 0 aromatic rings. The zero-order chi connectivity index (χ0) is 10.1. The molecule has 3 saturated carbocycles. The van der Waals surface area contributed by atoms with Crippen molar-refractivity contribution in [1.29, 1.82) is 0 Å². The Morgan fingerprint density at radius 3 is 1.46 bits per heavy atom. The van der Waals surface area contributed by atoms with Crippen LogP contribution in [0, 0.1) is 16.2 Å². The molecule has 2 bridgehead atoms. The zero-order valence-electron chi connectivity index (χ0n) is 8.88. The second-order valence-corrected chi connectivity index (χ2v) is 6.23. The number of rotatable bonds is 1. The first-order valence-electron chi connectivity index (χ1n) is 5.00. The van der Waals surface area contributed by atoms with E-state index in [-0.39, 0.29) is 10.8 Å². The summed E-state index contributed by atoms with van der Waals surface area (Å²) in [5, 5.41) is 0. The minimum absolute atomic E-state index is 0.208. The highest BCUT2D eigenvalue weighted by Gasteiger charge is 2.78. The van der Waals surface area contributed by atoms with Gasteiger partial charge in [0.25, 0.3) is 5.92 Å². The molecule has 0 spiro atoms. The van der Waals surface area contributed by atoms with E-state index in [0.717, 1.165) is 26.2 Å². The predicted octanol–water partition coefficient (Wildman–Crippen LogP) is 3.86. The smallest absolute Gasteiger partial charge is 0.207 e. The highest BCUT2D eigenvalue weighted by atomic mass is 19.3. The summed E-state index contributed by atoms with van der Waals surface area (Å²) in [5.41, 5.74) is -0.160. The van der Waals surface area contributed by atoms with Crippen LogP contribution in [-0.2, 0) is 0 Å². The summed E-state index contributed by atoms with van der Waals surface area (Å²) in [6.07, 6.45) is 2.23. The van der Waals surface area contributed by atoms with Crippen molar-refractivity contribution in [1.82, 2.24) is 0 Å². The lowest BCUT2D eigenvalue weighted by atomic mass is 9.28. The largest absolute Gasteiger partial charge is 0.250 e. The van der Waals surface area contributed by atoms with Crippen molar-refractivity contribution in [3.63, 3.8) is 0 Å². The van der Waals surface area contributed by atoms with E-state index in [1.54, 1.807) is 0 Å². The Balaban J connectivity index is 2.09. The Labute approximate surface area is 78.7 Å². The van der Waals surface area contributed by atoms with Gasteiger partial charge in [-0.2, -0.15) is 0 Å². The van der Waals surface area contributed by atoms with Crippen LogP contribution in [0.3, 0.4) is 0 Å². The fourth-order valence-electron chi connectivity index (χ4n) is 3.05. The lowest BCUT2D eigenvalue weighted by Gasteiger charge is -2.77. The van der Waals surface area contributed by atoms with Crippen LogP contribution in [0.25, 0.3) is 0 Å². The standard InChI is InChI=1S/C11H18F2/c1-8(2,3)10-5-11(6-10,7-10)9(4,12)13/h5-7H2,1-4H3. The van der Waals surface area contributed by atoms with Gasteiger partial charge < -0.3 is 0 Å². The predicted molar refractivity (Wildman–Crippen MR) is 48.8 cm³/mol. The first-order valence-corrected chi connectivity index (χ1v) is 5.00. The summed E-state index contributed by atoms with van der Waals surface area (Å²) in [7, 11) is 0. The van der Waals surface area contributed by atoms with E-state index in [1.165, 1.54) is 0 Å². The molecule has 0 aliphatic heterocycles. The van der Waals surface area contributed by atoms with Crippen LogP contribution < -0.4 is 0 Å². The van der Waals surface area contributed by atoms with E-state index in [1.807, 2.05) is 0 Å². The normalized spacial score (nSPS) is 43.8. The number of hydrogen-bond acceptors (Lipinski definition) is 0. The van der Waals surface area contributed by atoms with Crippen molar-refractivity contribution >= 4 is 0 Å². The second-order valence-electron chi connectivity index (χ2n) is 6.23. The maximum atomic E-state index is 13.1. The summed E-state index contributed by atoms with van der Waals surface area (Å²) in [5.74, 6) is -2.46. The average molecular weight is 188 g/mol. The van der Waals surface area contributed by atoms with Gasteiger partial charge in [-0.05, 0) is 37.0 Å². The van der Waals surface area contributed by atoms with Gasteiger partial charge in [-0.25, -0.2) is 8.78 Å². The first-order chi connectivity index (χ1) is 5.62. The molecule has 0 aromatic carbocycles. The molecule has 0 nitrogen and oxygen atoms in total. The molecule has 0 unspecified atom stereocenters. The van der Waals surface area contributed by atoms with E-state index in [9.17, 15) is 8.78 Å². The number of hydrogen-bond donors (Lipinski definition) is 0. The molecule has 2 heteroatoms. The second kappa shape index (κ2) is 1.94. The first kappa shape index (κ1) is 9.42. The summed E-state index contributed by atoms with van der Waals surface area (Å²) in [4.78, 5) is 0. The molecule has 0 amide bonds. The lowest BCUT2D eigenvalue weighted by molar-refractivity contribution is -0.340. The van der Waals surface area contributed by atoms with Crippen LogP contribution in [0.4, 0.5) is 8.78 Å². The van der Waals surface area contributed by atoms with Gasteiger partial charge in [0.15, 0.2) is 0 Å². The molecule has 3 rings (SSSR count). The Morgan fingerprint density at radius 1 is 0.846 bits per heavy atom. The maximum Gasteiger partial charge on any atom is 0.250 e. The molecular weight excluding hydrogens is 170 g/mol. The third kappa shape index (κ3) is 0.897. The Kier molecular flexibility index (Phi) is 1.40. The average Bonchev–Trinajstić information content (AvgIpc) is 1.41. The summed E-state index contributed by atoms with van der Waals surface area (Å²) >= 11 is 0. The monoisotopic (exact) mass is 188 g/mol. The van der Waals surface area contributed by atoms with Gasteiger partial charge in [0.1, 0.15) is 0 Å². The van der Waals surface area contributed by atoms with Gasteiger partial charge in [0.2, 0.25) is 0 Å². The highest BCUT2D eigenvalue weighted by molar-refractivity contribution is 5.24. The molecule has 0 heterocycles. The molecule has 0 atom stereocenters. The van der Waals surface area contributed by atoms with Crippen LogP contribution in [0.15, 0.2) is 0 Å². The summed E-state index contributed by atoms with van der Waals surface area (Å²) in [6, 6.07) is 0. The Bertz CT molecular complexity index is 198. The van der Waals surface area contributed by atoms with Crippen LogP contribution in [0.2, 0.25) is 0 Å². The van der Waals surface area contributed by atoms with Crippen molar-refractivity contribution in [3.8, 4) is 0 Å². The van der Waals surface area contributed by atoms with Gasteiger partial charge in [-0.3, -0.25) is 0 Å². The zero-order valence-corrected chi connectivity index (χ0v) is 8.88. The minimum Gasteiger partial charge on any atom is -0.207 e. The van der Waals surface area contributed by atoms with Gasteiger partial charge in [0.05, 0.1) is 0 Å². The molecule has 0 N–H and O–H groups in total. The number of alkyl halides is 2. The van der Waals surface area contributed by atoms with Crippen molar-refractivity contribution < 1.29 is 8.78 Å². The van der Waals surface area contributed by atoms with E-state index >= 15 is 0 Å². The van der Waals surface area contributed by atoms with Crippen molar-refractivity contribution in [2.24, 2.45) is 16.2 Å². The third-order valence-corrected chi connectivity index (χ3v) is 4.55. The minimum atomic E-state index is -2.46. The van der Waals surface area contributed by atoms with Crippen molar-refractivity contribution in [3.05, 3.63) is 0 Å². The van der Waals surface area contributed by atoms with Gasteiger partial charge in [-0.15, -0.1) is 0 Å². The summed E-state index contributed by atoms with van der Waals surface area (Å²) < 4.78 is 26.3. The van der Waals surface area contributed by atoms with E-state index in [0.29, 0.717) is 0 Å². The molecule has 0 radical (unpaired) electrons. The Hall–Kier alpha value is -0.140. The van der Waals surface area contributed by atoms with Crippen LogP contribution in [0.1, 0.15) is 47.0 Å². The van der Waals surface area contributed by atoms with Crippen molar-refractivity contribution in [2.75, 3.05) is 0 Å². The highest BCUT2D eigenvalue weighted by Crippen LogP contribution is 2.82. The van der Waals surface area contributed by atoms with E-state index < -0.39 is 11.3 Å². The molecule has 13 heavy (non-hydrogen) atoms. The van der Waals surface area contributed by atoms with E-state index in [4.69, 9.17) is 0 Å². The van der Waals surface area contributed by atoms with Crippen LogP contribution in [-0.4, -0.2) is 5.92 Å². The quantitative estimate of drug-likeness (QED) is 0.586. The maximum absolute atomic E-state index is 13.1. The molecule has 3 fully saturated rings. The summed E-state index contributed by atoms with van der Waals surface area (Å²) in [6.45, 7) is 7.59. The SMILES string of the molecule is CC(C)(C)C12CC(C(C)(F)F)(C1)C2.